The summed E-state index contributed by atoms with van der Waals surface area (Å²) in [4.78, 5) is 0. The number of fused-ring (bicyclic) bond motifs is 1. The zero-order valence-corrected chi connectivity index (χ0v) is 18.1. The quantitative estimate of drug-likeness (QED) is 0.412. The molecule has 0 saturated carbocycles. The summed E-state index contributed by atoms with van der Waals surface area (Å²) in [5, 5.41) is 8.61. The SMILES string of the molecule is CCCCCn1c(=N)n(CCCOc2ccc(Br)cc2)c2ccccc21.Cl. The third-order valence-corrected chi connectivity index (χ3v) is 5.10. The van der Waals surface area contributed by atoms with Gasteiger partial charge in [0, 0.05) is 17.6 Å². The molecule has 0 bridgehead atoms. The van der Waals surface area contributed by atoms with Crippen LogP contribution in [0.1, 0.15) is 32.6 Å². The van der Waals surface area contributed by atoms with E-state index in [-0.39, 0.29) is 12.4 Å². The van der Waals surface area contributed by atoms with Crippen LogP contribution in [-0.4, -0.2) is 15.7 Å². The van der Waals surface area contributed by atoms with E-state index in [0.29, 0.717) is 12.2 Å². The van der Waals surface area contributed by atoms with Crippen LogP contribution in [0, 0.1) is 5.41 Å². The second-order valence-corrected chi connectivity index (χ2v) is 7.39. The van der Waals surface area contributed by atoms with Gasteiger partial charge in [0.25, 0.3) is 0 Å². The van der Waals surface area contributed by atoms with Gasteiger partial charge in [-0.2, -0.15) is 0 Å². The molecule has 3 aromatic rings. The Labute approximate surface area is 175 Å². The number of unbranched alkanes of at least 4 members (excludes halogenated alkanes) is 2. The van der Waals surface area contributed by atoms with Gasteiger partial charge in [-0.15, -0.1) is 12.4 Å². The standard InChI is InChI=1S/C21H26BrN3O.ClH/c1-2-3-6-14-24-19-8-4-5-9-20(19)25(21(24)23)15-7-16-26-18-12-10-17(22)11-13-18;/h4-5,8-13,23H,2-3,6-7,14-16H2,1H3;1H. The van der Waals surface area contributed by atoms with Crippen molar-refractivity contribution in [2.75, 3.05) is 6.61 Å². The third-order valence-electron chi connectivity index (χ3n) is 4.57. The zero-order chi connectivity index (χ0) is 18.4. The van der Waals surface area contributed by atoms with E-state index in [0.717, 1.165) is 47.2 Å². The average Bonchev–Trinajstić information content (AvgIpc) is 2.92. The molecule has 0 aliphatic carbocycles. The highest BCUT2D eigenvalue weighted by molar-refractivity contribution is 9.10. The predicted molar refractivity (Wildman–Crippen MR) is 117 cm³/mol. The van der Waals surface area contributed by atoms with Crippen molar-refractivity contribution in [3.8, 4) is 5.75 Å². The lowest BCUT2D eigenvalue weighted by Crippen LogP contribution is -2.25. The first-order chi connectivity index (χ1) is 12.7. The molecule has 1 N–H and O–H groups in total. The van der Waals surface area contributed by atoms with Crippen LogP contribution in [0.25, 0.3) is 11.0 Å². The number of hydrogen-bond acceptors (Lipinski definition) is 2. The van der Waals surface area contributed by atoms with Crippen LogP contribution in [0.4, 0.5) is 0 Å². The number of hydrogen-bond donors (Lipinski definition) is 1. The van der Waals surface area contributed by atoms with Crippen molar-refractivity contribution >= 4 is 39.4 Å². The third kappa shape index (κ3) is 5.39. The second-order valence-electron chi connectivity index (χ2n) is 6.48. The molecular weight excluding hydrogens is 426 g/mol. The molecule has 0 amide bonds. The van der Waals surface area contributed by atoms with Gasteiger partial charge < -0.3 is 13.9 Å². The Bertz CT molecular complexity index is 902. The molecule has 0 radical (unpaired) electrons. The van der Waals surface area contributed by atoms with Crippen LogP contribution in [0.3, 0.4) is 0 Å². The molecule has 0 aliphatic rings. The maximum absolute atomic E-state index is 8.61. The lowest BCUT2D eigenvalue weighted by atomic mass is 10.2. The Morgan fingerprint density at radius 1 is 0.889 bits per heavy atom. The first-order valence-electron chi connectivity index (χ1n) is 9.31. The van der Waals surface area contributed by atoms with Gasteiger partial charge in [-0.05, 0) is 49.2 Å². The number of rotatable bonds is 9. The van der Waals surface area contributed by atoms with E-state index in [4.69, 9.17) is 10.1 Å². The number of ether oxygens (including phenoxy) is 1. The van der Waals surface area contributed by atoms with Gasteiger partial charge in [-0.1, -0.05) is 47.8 Å². The van der Waals surface area contributed by atoms with Crippen molar-refractivity contribution in [1.29, 1.82) is 5.41 Å². The molecule has 27 heavy (non-hydrogen) atoms. The number of halogens is 2. The molecule has 0 saturated heterocycles. The van der Waals surface area contributed by atoms with Crippen LogP contribution in [0.2, 0.25) is 0 Å². The molecule has 1 heterocycles. The van der Waals surface area contributed by atoms with Gasteiger partial charge in [0.15, 0.2) is 0 Å². The Morgan fingerprint density at radius 3 is 2.07 bits per heavy atom. The van der Waals surface area contributed by atoms with E-state index in [1.54, 1.807) is 0 Å². The van der Waals surface area contributed by atoms with E-state index < -0.39 is 0 Å². The lowest BCUT2D eigenvalue weighted by molar-refractivity contribution is 0.301. The number of benzene rings is 2. The molecule has 4 nitrogen and oxygen atoms in total. The molecule has 6 heteroatoms. The lowest BCUT2D eigenvalue weighted by Gasteiger charge is -2.08. The van der Waals surface area contributed by atoms with E-state index in [2.05, 4.69) is 50.2 Å². The Morgan fingerprint density at radius 2 is 1.48 bits per heavy atom. The largest absolute Gasteiger partial charge is 0.494 e. The van der Waals surface area contributed by atoms with Crippen LogP contribution < -0.4 is 10.4 Å². The van der Waals surface area contributed by atoms with Crippen molar-refractivity contribution in [2.45, 2.75) is 45.7 Å². The van der Waals surface area contributed by atoms with Crippen LogP contribution in [-0.2, 0) is 13.1 Å². The normalized spacial score (nSPS) is 10.7. The molecule has 0 aliphatic heterocycles. The summed E-state index contributed by atoms with van der Waals surface area (Å²) in [5.74, 6) is 0.881. The number of aryl methyl sites for hydroxylation is 2. The topological polar surface area (TPSA) is 42.9 Å². The summed E-state index contributed by atoms with van der Waals surface area (Å²) in [5.41, 5.74) is 2.88. The van der Waals surface area contributed by atoms with Gasteiger partial charge in [-0.3, -0.25) is 5.41 Å². The fourth-order valence-corrected chi connectivity index (χ4v) is 3.48. The molecule has 1 aromatic heterocycles. The summed E-state index contributed by atoms with van der Waals surface area (Å²) in [6.07, 6.45) is 4.39. The Hall–Kier alpha value is -1.72. The number of aromatic nitrogens is 2. The minimum Gasteiger partial charge on any atom is -0.494 e. The van der Waals surface area contributed by atoms with E-state index >= 15 is 0 Å². The summed E-state index contributed by atoms with van der Waals surface area (Å²) in [6.45, 7) is 4.55. The number of imidazole rings is 1. The smallest absolute Gasteiger partial charge is 0.202 e. The summed E-state index contributed by atoms with van der Waals surface area (Å²) in [7, 11) is 0. The molecule has 2 aromatic carbocycles. The average molecular weight is 453 g/mol. The van der Waals surface area contributed by atoms with E-state index in [1.807, 2.05) is 30.3 Å². The highest BCUT2D eigenvalue weighted by Gasteiger charge is 2.10. The second kappa shape index (κ2) is 10.6. The summed E-state index contributed by atoms with van der Waals surface area (Å²) >= 11 is 3.43. The van der Waals surface area contributed by atoms with Crippen molar-refractivity contribution < 1.29 is 4.74 Å². The molecule has 146 valence electrons. The van der Waals surface area contributed by atoms with Crippen LogP contribution >= 0.6 is 28.3 Å². The monoisotopic (exact) mass is 451 g/mol. The minimum absolute atomic E-state index is 0. The number of nitrogens with zero attached hydrogens (tertiary/aromatic N) is 2. The van der Waals surface area contributed by atoms with E-state index in [9.17, 15) is 0 Å². The molecule has 3 rings (SSSR count). The Kier molecular flexibility index (Phi) is 8.45. The summed E-state index contributed by atoms with van der Waals surface area (Å²) < 4.78 is 11.1. The minimum atomic E-state index is 0. The Balaban J connectivity index is 0.00000261. The first-order valence-corrected chi connectivity index (χ1v) is 10.1. The van der Waals surface area contributed by atoms with Crippen molar-refractivity contribution in [3.63, 3.8) is 0 Å². The molecular formula is C21H27BrClN3O. The number of nitrogens with one attached hydrogen (secondary N) is 1. The van der Waals surface area contributed by atoms with E-state index in [1.165, 1.54) is 12.8 Å². The molecule has 0 spiro atoms. The number of para-hydroxylation sites is 2. The van der Waals surface area contributed by atoms with Gasteiger partial charge in [0.1, 0.15) is 5.75 Å². The zero-order valence-electron chi connectivity index (χ0n) is 15.7. The van der Waals surface area contributed by atoms with Crippen molar-refractivity contribution in [2.24, 2.45) is 0 Å². The van der Waals surface area contributed by atoms with Gasteiger partial charge >= 0.3 is 0 Å². The fraction of sp³-hybridized carbons (Fsp3) is 0.381. The highest BCUT2D eigenvalue weighted by atomic mass is 79.9. The van der Waals surface area contributed by atoms with Crippen LogP contribution in [0.5, 0.6) is 5.75 Å². The maximum Gasteiger partial charge on any atom is 0.202 e. The van der Waals surface area contributed by atoms with Gasteiger partial charge in [0.2, 0.25) is 5.62 Å². The van der Waals surface area contributed by atoms with Gasteiger partial charge in [-0.25, -0.2) is 0 Å². The van der Waals surface area contributed by atoms with Crippen LogP contribution in [0.15, 0.2) is 53.0 Å². The molecule has 0 unspecified atom stereocenters. The maximum atomic E-state index is 8.61. The first kappa shape index (κ1) is 21.6. The molecule has 0 fully saturated rings. The van der Waals surface area contributed by atoms with Crippen molar-refractivity contribution in [1.82, 2.24) is 9.13 Å². The highest BCUT2D eigenvalue weighted by Crippen LogP contribution is 2.17. The fourth-order valence-electron chi connectivity index (χ4n) is 3.21. The van der Waals surface area contributed by atoms with Crippen molar-refractivity contribution in [3.05, 3.63) is 58.6 Å². The predicted octanol–water partition coefficient (Wildman–Crippen LogP) is 5.77. The van der Waals surface area contributed by atoms with Gasteiger partial charge in [0.05, 0.1) is 17.6 Å². The molecule has 0 atom stereocenters. The summed E-state index contributed by atoms with van der Waals surface area (Å²) in [6, 6.07) is 16.2.